The van der Waals surface area contributed by atoms with Crippen molar-refractivity contribution >= 4 is 21.7 Å². The van der Waals surface area contributed by atoms with Gasteiger partial charge in [0.15, 0.2) is 21.5 Å². The van der Waals surface area contributed by atoms with Crippen molar-refractivity contribution in [2.75, 3.05) is 6.26 Å². The molecule has 0 aliphatic carbocycles. The lowest BCUT2D eigenvalue weighted by molar-refractivity contribution is -0.137. The van der Waals surface area contributed by atoms with Crippen LogP contribution in [0.5, 0.6) is 0 Å². The van der Waals surface area contributed by atoms with Gasteiger partial charge in [0.05, 0.1) is 17.0 Å². The molecule has 0 spiro atoms. The molecule has 3 N–H and O–H groups in total. The van der Waals surface area contributed by atoms with Crippen molar-refractivity contribution in [3.63, 3.8) is 0 Å². The molecule has 0 saturated carbocycles. The van der Waals surface area contributed by atoms with Crippen molar-refractivity contribution < 1.29 is 31.2 Å². The molecule has 0 aliphatic heterocycles. The molecule has 3 rings (SSSR count). The van der Waals surface area contributed by atoms with Crippen LogP contribution in [0.1, 0.15) is 32.2 Å². The molecule has 0 bridgehead atoms. The number of hydrogen-bond acceptors (Lipinski definition) is 8. The van der Waals surface area contributed by atoms with Crippen LogP contribution >= 0.6 is 0 Å². The maximum atomic E-state index is 13.1. The summed E-state index contributed by atoms with van der Waals surface area (Å²) in [5, 5.41) is 6.26. The van der Waals surface area contributed by atoms with E-state index in [2.05, 4.69) is 25.4 Å². The summed E-state index contributed by atoms with van der Waals surface area (Å²) in [5.41, 5.74) is 3.28. The van der Waals surface area contributed by atoms with E-state index in [0.717, 1.165) is 29.7 Å². The molecule has 11 nitrogen and oxygen atoms in total. The first-order chi connectivity index (χ1) is 14.9. The van der Waals surface area contributed by atoms with Gasteiger partial charge in [0.1, 0.15) is 18.3 Å². The fourth-order valence-corrected chi connectivity index (χ4v) is 3.23. The first kappa shape index (κ1) is 22.8. The Labute approximate surface area is 178 Å². The Bertz CT molecular complexity index is 1310. The first-order valence-corrected chi connectivity index (χ1v) is 10.5. The Kier molecular flexibility index (Phi) is 5.94. The largest absolute Gasteiger partial charge is 0.416 e. The van der Waals surface area contributed by atoms with Gasteiger partial charge < -0.3 is 11.1 Å². The van der Waals surface area contributed by atoms with E-state index in [4.69, 9.17) is 5.73 Å². The SMILES string of the molecule is CS(=O)(=O)c1cc(C(=O)NCc2ncnn2-c2cc(C(N)=O)ncn2)cc(C(F)(F)F)c1. The molecule has 0 unspecified atom stereocenters. The van der Waals surface area contributed by atoms with Crippen molar-refractivity contribution in [1.82, 2.24) is 30.0 Å². The van der Waals surface area contributed by atoms with Gasteiger partial charge in [0.25, 0.3) is 11.8 Å². The van der Waals surface area contributed by atoms with Gasteiger partial charge in [0.2, 0.25) is 0 Å². The third-order valence-corrected chi connectivity index (χ3v) is 5.16. The van der Waals surface area contributed by atoms with Gasteiger partial charge in [-0.2, -0.15) is 23.0 Å². The maximum Gasteiger partial charge on any atom is 0.416 e. The highest BCUT2D eigenvalue weighted by Crippen LogP contribution is 2.31. The predicted molar refractivity (Wildman–Crippen MR) is 101 cm³/mol. The highest BCUT2D eigenvalue weighted by molar-refractivity contribution is 7.90. The van der Waals surface area contributed by atoms with E-state index < -0.39 is 43.9 Å². The lowest BCUT2D eigenvalue weighted by Crippen LogP contribution is -2.26. The summed E-state index contributed by atoms with van der Waals surface area (Å²) >= 11 is 0. The molecule has 32 heavy (non-hydrogen) atoms. The molecule has 15 heteroatoms. The number of halogens is 3. The minimum atomic E-state index is -4.86. The Morgan fingerprint density at radius 2 is 1.81 bits per heavy atom. The van der Waals surface area contributed by atoms with Crippen molar-refractivity contribution in [1.29, 1.82) is 0 Å². The van der Waals surface area contributed by atoms with Crippen LogP contribution < -0.4 is 11.1 Å². The van der Waals surface area contributed by atoms with E-state index in [9.17, 15) is 31.2 Å². The fourth-order valence-electron chi connectivity index (χ4n) is 2.54. The second kappa shape index (κ2) is 8.33. The molecule has 0 fully saturated rings. The Morgan fingerprint density at radius 3 is 2.44 bits per heavy atom. The molecule has 2 amide bonds. The molecule has 2 aromatic heterocycles. The molecule has 168 valence electrons. The third kappa shape index (κ3) is 5.05. The van der Waals surface area contributed by atoms with Crippen LogP contribution in [0.15, 0.2) is 41.8 Å². The second-order valence-corrected chi connectivity index (χ2v) is 8.43. The van der Waals surface area contributed by atoms with Crippen LogP contribution in [-0.4, -0.2) is 51.2 Å². The van der Waals surface area contributed by atoms with Crippen molar-refractivity contribution in [3.05, 3.63) is 59.6 Å². The summed E-state index contributed by atoms with van der Waals surface area (Å²) in [6, 6.07) is 3.06. The number of amides is 2. The van der Waals surface area contributed by atoms with E-state index in [1.54, 1.807) is 0 Å². The number of benzene rings is 1. The lowest BCUT2D eigenvalue weighted by atomic mass is 10.1. The van der Waals surface area contributed by atoms with Gasteiger partial charge in [0, 0.05) is 17.9 Å². The summed E-state index contributed by atoms with van der Waals surface area (Å²) in [6.07, 6.45) is -1.94. The van der Waals surface area contributed by atoms with Gasteiger partial charge in [-0.15, -0.1) is 0 Å². The number of primary amides is 1. The Balaban J connectivity index is 1.87. The van der Waals surface area contributed by atoms with Gasteiger partial charge in [-0.25, -0.2) is 23.4 Å². The molecule has 1 aromatic carbocycles. The molecule has 0 aliphatic rings. The van der Waals surface area contributed by atoms with Crippen LogP contribution in [0.2, 0.25) is 0 Å². The number of aromatic nitrogens is 5. The van der Waals surface area contributed by atoms with Gasteiger partial charge in [-0.1, -0.05) is 0 Å². The number of nitrogens with one attached hydrogen (secondary N) is 1. The highest BCUT2D eigenvalue weighted by Gasteiger charge is 2.33. The molecular weight excluding hydrogens is 455 g/mol. The minimum Gasteiger partial charge on any atom is -0.364 e. The van der Waals surface area contributed by atoms with E-state index in [1.807, 2.05) is 0 Å². The van der Waals surface area contributed by atoms with Crippen LogP contribution in [0.3, 0.4) is 0 Å². The number of alkyl halides is 3. The average Bonchev–Trinajstić information content (AvgIpc) is 3.19. The number of rotatable bonds is 6. The Morgan fingerprint density at radius 1 is 1.09 bits per heavy atom. The monoisotopic (exact) mass is 469 g/mol. The number of nitrogens with zero attached hydrogens (tertiary/aromatic N) is 5. The maximum absolute atomic E-state index is 13.1. The number of sulfone groups is 1. The third-order valence-electron chi connectivity index (χ3n) is 4.07. The molecule has 3 aromatic rings. The molecule has 0 radical (unpaired) electrons. The smallest absolute Gasteiger partial charge is 0.364 e. The molecule has 0 atom stereocenters. The van der Waals surface area contributed by atoms with Crippen molar-refractivity contribution in [2.24, 2.45) is 5.73 Å². The van der Waals surface area contributed by atoms with E-state index in [0.29, 0.717) is 12.1 Å². The van der Waals surface area contributed by atoms with E-state index in [-0.39, 0.29) is 23.9 Å². The second-order valence-electron chi connectivity index (χ2n) is 6.41. The standard InChI is InChI=1S/C17H14F3N7O4S/c1-32(30,31)11-3-9(2-10(4-11)17(18,19)20)16(29)22-6-14-25-8-26-27(14)13-5-12(15(21)28)23-7-24-13/h2-5,7-8H,6H2,1H3,(H2,21,28)(H,22,29). The zero-order chi connectivity index (χ0) is 23.7. The summed E-state index contributed by atoms with van der Waals surface area (Å²) < 4.78 is 64.1. The number of nitrogens with two attached hydrogens (primary N) is 1. The van der Waals surface area contributed by atoms with Gasteiger partial charge in [-0.05, 0) is 18.2 Å². The van der Waals surface area contributed by atoms with Gasteiger partial charge >= 0.3 is 6.18 Å². The lowest BCUT2D eigenvalue weighted by Gasteiger charge is -2.12. The normalized spacial score (nSPS) is 11.9. The average molecular weight is 469 g/mol. The summed E-state index contributed by atoms with van der Waals surface area (Å²) in [7, 11) is -4.01. The zero-order valence-electron chi connectivity index (χ0n) is 16.2. The Hall–Kier alpha value is -3.88. The summed E-state index contributed by atoms with van der Waals surface area (Å²) in [5.74, 6) is -1.57. The van der Waals surface area contributed by atoms with Crippen LogP contribution in [0, 0.1) is 0 Å². The van der Waals surface area contributed by atoms with Crippen LogP contribution in [0.4, 0.5) is 13.2 Å². The highest BCUT2D eigenvalue weighted by atomic mass is 32.2. The summed E-state index contributed by atoms with van der Waals surface area (Å²) in [4.78, 5) is 34.6. The van der Waals surface area contributed by atoms with E-state index in [1.165, 1.54) is 6.07 Å². The van der Waals surface area contributed by atoms with Crippen LogP contribution in [0.25, 0.3) is 5.82 Å². The quantitative estimate of drug-likeness (QED) is 0.527. The van der Waals surface area contributed by atoms with Crippen molar-refractivity contribution in [3.8, 4) is 5.82 Å². The van der Waals surface area contributed by atoms with Crippen LogP contribution in [-0.2, 0) is 22.6 Å². The number of carbonyl (C=O) groups is 2. The number of hydrogen-bond donors (Lipinski definition) is 2. The summed E-state index contributed by atoms with van der Waals surface area (Å²) in [6.45, 7) is -0.306. The first-order valence-electron chi connectivity index (χ1n) is 8.58. The zero-order valence-corrected chi connectivity index (χ0v) is 17.0. The van der Waals surface area contributed by atoms with Gasteiger partial charge in [-0.3, -0.25) is 9.59 Å². The topological polar surface area (TPSA) is 163 Å². The predicted octanol–water partition coefficient (Wildman–Crippen LogP) is 0.508. The fraction of sp³-hybridized carbons (Fsp3) is 0.176. The minimum absolute atomic E-state index is 0.0993. The molecular formula is C17H14F3N7O4S. The molecule has 2 heterocycles. The number of carbonyl (C=O) groups excluding carboxylic acids is 2. The van der Waals surface area contributed by atoms with E-state index >= 15 is 0 Å². The molecule has 0 saturated heterocycles. The van der Waals surface area contributed by atoms with Crippen molar-refractivity contribution in [2.45, 2.75) is 17.6 Å².